The van der Waals surface area contributed by atoms with Gasteiger partial charge in [0.05, 0.1) is 11.4 Å². The molecule has 0 saturated heterocycles. The third-order valence-electron chi connectivity index (χ3n) is 6.19. The quantitative estimate of drug-likeness (QED) is 0.0601. The van der Waals surface area contributed by atoms with Crippen LogP contribution in [-0.2, 0) is 21.1 Å². The molecule has 0 fully saturated rings. The summed E-state index contributed by atoms with van der Waals surface area (Å²) in [5.74, 6) is 0. The molecule has 0 saturated carbocycles. The Morgan fingerprint density at radius 1 is 0.650 bits per heavy atom. The molecule has 3 nitrogen and oxygen atoms in total. The molecule has 4 aromatic rings. The minimum absolute atomic E-state index is 0. The molecule has 4 aromatic carbocycles. The summed E-state index contributed by atoms with van der Waals surface area (Å²) in [6, 6.07) is 40.8. The Hall–Kier alpha value is -2.63. The first-order chi connectivity index (χ1) is 19.0. The number of hydrogen-bond donors (Lipinski definition) is 0. The Balaban J connectivity index is 0.000000334. The summed E-state index contributed by atoms with van der Waals surface area (Å²) < 4.78 is 13.9. The third kappa shape index (κ3) is 11.1. The standard InChI is InChI=1S/C22H28N2OP.C12H11P.Ni/c1-4-16-23-19(2)20(3)24-17-11-18-26(25,21-12-7-5-8-13-21)22-14-9-6-10-15-22;1-3-7-11(8-4-1)13-12-9-5-2-6-10-12;/h5-10,12-15H,1,4,11,16-18H2,2-3H3;1-10,13H;/q-1;;. The van der Waals surface area contributed by atoms with Gasteiger partial charge in [0.2, 0.25) is 0 Å². The molecule has 0 bridgehead atoms. The first-order valence-electron chi connectivity index (χ1n) is 13.4. The van der Waals surface area contributed by atoms with Gasteiger partial charge in [0, 0.05) is 46.4 Å². The average Bonchev–Trinajstić information content (AvgIpc) is 3.00. The molecule has 4 rings (SSSR count). The Morgan fingerprint density at radius 2 is 1.02 bits per heavy atom. The van der Waals surface area contributed by atoms with Gasteiger partial charge in [0.1, 0.15) is 7.14 Å². The van der Waals surface area contributed by atoms with Gasteiger partial charge in [-0.15, -0.1) is 0 Å². The molecule has 0 radical (unpaired) electrons. The van der Waals surface area contributed by atoms with E-state index in [2.05, 4.69) is 77.6 Å². The maximum atomic E-state index is 13.9. The number of nitrogens with zero attached hydrogens (tertiary/aromatic N) is 2. The summed E-state index contributed by atoms with van der Waals surface area (Å²) >= 11 is 0. The molecule has 0 aliphatic rings. The van der Waals surface area contributed by atoms with Crippen LogP contribution in [-0.4, -0.2) is 30.7 Å². The molecule has 0 spiro atoms. The van der Waals surface area contributed by atoms with E-state index in [1.54, 1.807) is 0 Å². The Kier molecular flexibility index (Phi) is 15.7. The van der Waals surface area contributed by atoms with Crippen LogP contribution in [0.15, 0.2) is 131 Å². The van der Waals surface area contributed by atoms with Crippen LogP contribution < -0.4 is 21.2 Å². The second-order valence-corrected chi connectivity index (χ2v) is 13.5. The van der Waals surface area contributed by atoms with Gasteiger partial charge in [-0.05, 0) is 30.9 Å². The van der Waals surface area contributed by atoms with Gasteiger partial charge in [-0.1, -0.05) is 130 Å². The number of hydrogen-bond acceptors (Lipinski definition) is 3. The second kappa shape index (κ2) is 18.7. The van der Waals surface area contributed by atoms with Gasteiger partial charge < -0.3 is 11.5 Å². The molecule has 0 aromatic heterocycles. The van der Waals surface area contributed by atoms with Crippen molar-refractivity contribution >= 4 is 48.4 Å². The van der Waals surface area contributed by atoms with Crippen molar-refractivity contribution in [2.75, 3.05) is 19.3 Å². The summed E-state index contributed by atoms with van der Waals surface area (Å²) in [7, 11) is -1.86. The van der Waals surface area contributed by atoms with Crippen LogP contribution in [0.3, 0.4) is 0 Å². The van der Waals surface area contributed by atoms with Crippen molar-refractivity contribution in [3.63, 3.8) is 0 Å². The van der Waals surface area contributed by atoms with E-state index >= 15 is 0 Å². The van der Waals surface area contributed by atoms with E-state index in [-0.39, 0.29) is 16.5 Å². The van der Waals surface area contributed by atoms with Crippen LogP contribution in [0.25, 0.3) is 0 Å². The maximum absolute atomic E-state index is 13.9. The van der Waals surface area contributed by atoms with E-state index in [1.165, 1.54) is 10.6 Å². The van der Waals surface area contributed by atoms with Crippen LogP contribution in [0.2, 0.25) is 0 Å². The number of benzene rings is 4. The van der Waals surface area contributed by atoms with Crippen LogP contribution in [0.4, 0.5) is 0 Å². The second-order valence-electron chi connectivity index (χ2n) is 9.13. The molecular weight excluding hydrogens is 573 g/mol. The van der Waals surface area contributed by atoms with Gasteiger partial charge in [-0.2, -0.15) is 6.42 Å². The topological polar surface area (TPSA) is 41.8 Å². The van der Waals surface area contributed by atoms with E-state index in [0.717, 1.165) is 50.0 Å². The fourth-order valence-electron chi connectivity index (χ4n) is 3.97. The van der Waals surface area contributed by atoms with Crippen molar-refractivity contribution in [3.8, 4) is 0 Å². The molecule has 0 aliphatic carbocycles. The van der Waals surface area contributed by atoms with Gasteiger partial charge >= 0.3 is 0 Å². The largest absolute Gasteiger partial charge is 0.342 e. The van der Waals surface area contributed by atoms with Gasteiger partial charge in [-0.3, -0.25) is 9.98 Å². The summed E-state index contributed by atoms with van der Waals surface area (Å²) in [5, 5.41) is 4.63. The zero-order valence-electron chi connectivity index (χ0n) is 23.4. The van der Waals surface area contributed by atoms with Crippen LogP contribution >= 0.6 is 15.7 Å². The minimum atomic E-state index is -2.63. The first-order valence-corrected chi connectivity index (χ1v) is 16.3. The molecule has 0 amide bonds. The molecule has 40 heavy (non-hydrogen) atoms. The minimum Gasteiger partial charge on any atom is -0.342 e. The van der Waals surface area contributed by atoms with E-state index in [1.807, 2.05) is 74.5 Å². The first kappa shape index (κ1) is 33.6. The normalized spacial score (nSPS) is 11.7. The Morgan fingerprint density at radius 3 is 1.43 bits per heavy atom. The van der Waals surface area contributed by atoms with Crippen molar-refractivity contribution in [3.05, 3.63) is 128 Å². The van der Waals surface area contributed by atoms with Crippen molar-refractivity contribution in [2.24, 2.45) is 9.98 Å². The average molecular weight is 612 g/mol. The molecule has 212 valence electrons. The fourth-order valence-corrected chi connectivity index (χ4v) is 7.73. The van der Waals surface area contributed by atoms with Crippen LogP contribution in [0.1, 0.15) is 26.7 Å². The molecule has 0 aliphatic heterocycles. The molecular formula is C34H39N2NiOP2-. The van der Waals surface area contributed by atoms with Gasteiger partial charge in [-0.25, -0.2) is 0 Å². The van der Waals surface area contributed by atoms with Crippen LogP contribution in [0, 0.1) is 6.92 Å². The zero-order valence-corrected chi connectivity index (χ0v) is 26.2. The molecule has 0 heterocycles. The maximum Gasteiger partial charge on any atom is 0.143 e. The Labute approximate surface area is 252 Å². The van der Waals surface area contributed by atoms with Crippen molar-refractivity contribution in [1.29, 1.82) is 0 Å². The summed E-state index contributed by atoms with van der Waals surface area (Å²) in [6.07, 6.45) is 2.19. The smallest absolute Gasteiger partial charge is 0.143 e. The predicted octanol–water partition coefficient (Wildman–Crippen LogP) is 6.85. The van der Waals surface area contributed by atoms with Gasteiger partial charge in [0.15, 0.2) is 0 Å². The van der Waals surface area contributed by atoms with E-state index in [0.29, 0.717) is 12.7 Å². The van der Waals surface area contributed by atoms with Crippen molar-refractivity contribution in [2.45, 2.75) is 26.7 Å². The third-order valence-corrected chi connectivity index (χ3v) is 10.6. The zero-order chi connectivity index (χ0) is 27.8. The fraction of sp³-hybridized carbons (Fsp3) is 0.206. The van der Waals surface area contributed by atoms with Gasteiger partial charge in [0.25, 0.3) is 0 Å². The van der Waals surface area contributed by atoms with Crippen molar-refractivity contribution in [1.82, 2.24) is 0 Å². The predicted molar refractivity (Wildman–Crippen MR) is 176 cm³/mol. The summed E-state index contributed by atoms with van der Waals surface area (Å²) in [5.41, 5.74) is 1.91. The molecule has 0 unspecified atom stereocenters. The molecule has 0 atom stereocenters. The van der Waals surface area contributed by atoms with Crippen LogP contribution in [0.5, 0.6) is 0 Å². The van der Waals surface area contributed by atoms with E-state index in [9.17, 15) is 4.57 Å². The van der Waals surface area contributed by atoms with E-state index < -0.39 is 7.14 Å². The monoisotopic (exact) mass is 611 g/mol. The number of aliphatic imine (C=N–C) groups is 2. The SMILES string of the molecule is [CH2-]CCN=C(C)C(C)=NCCCP(=O)(c1ccccc1)c1ccccc1.[Ni].c1ccc(Pc2ccccc2)cc1. The molecule has 0 N–H and O–H groups in total. The Bertz CT molecular complexity index is 1270. The number of rotatable bonds is 11. The van der Waals surface area contributed by atoms with Crippen molar-refractivity contribution < 1.29 is 21.1 Å². The molecule has 6 heteroatoms. The summed E-state index contributed by atoms with van der Waals surface area (Å²) in [4.78, 5) is 9.05. The van der Waals surface area contributed by atoms with E-state index in [4.69, 9.17) is 0 Å². The summed E-state index contributed by atoms with van der Waals surface area (Å²) in [6.45, 7) is 9.15.